The van der Waals surface area contributed by atoms with Gasteiger partial charge in [0.2, 0.25) is 15.9 Å². The predicted octanol–water partition coefficient (Wildman–Crippen LogP) is 0.938. The highest BCUT2D eigenvalue weighted by atomic mass is 32.2. The minimum absolute atomic E-state index is 0.293. The molecule has 112 valence electrons. The van der Waals surface area contributed by atoms with Gasteiger partial charge in [0.25, 0.3) is 0 Å². The second-order valence-electron chi connectivity index (χ2n) is 4.67. The topological polar surface area (TPSA) is 66.9 Å². The minimum Gasteiger partial charge on any atom is -0.497 e. The van der Waals surface area contributed by atoms with Gasteiger partial charge in [-0.25, -0.2) is 8.42 Å². The number of anilines is 1. The van der Waals surface area contributed by atoms with E-state index in [-0.39, 0.29) is 5.91 Å². The van der Waals surface area contributed by atoms with Gasteiger partial charge in [0.15, 0.2) is 0 Å². The Morgan fingerprint density at radius 1 is 1.30 bits per heavy atom. The number of hydrogen-bond acceptors (Lipinski definition) is 4. The average Bonchev–Trinajstić information content (AvgIpc) is 2.36. The molecule has 0 heterocycles. The molecule has 1 aromatic rings. The number of nitrogens with zero attached hydrogens (tertiary/aromatic N) is 2. The summed E-state index contributed by atoms with van der Waals surface area (Å²) >= 11 is 0. The first-order valence-electron chi connectivity index (χ1n) is 6.03. The summed E-state index contributed by atoms with van der Waals surface area (Å²) in [6, 6.07) is 5.78. The van der Waals surface area contributed by atoms with Gasteiger partial charge in [-0.2, -0.15) is 0 Å². The third-order valence-electron chi connectivity index (χ3n) is 2.82. The van der Waals surface area contributed by atoms with Gasteiger partial charge in [0.1, 0.15) is 11.8 Å². The van der Waals surface area contributed by atoms with Crippen LogP contribution in [0.25, 0.3) is 0 Å². The van der Waals surface area contributed by atoms with Crippen molar-refractivity contribution in [3.05, 3.63) is 24.3 Å². The van der Waals surface area contributed by atoms with E-state index in [1.54, 1.807) is 45.3 Å². The smallest absolute Gasteiger partial charge is 0.245 e. The number of ether oxygens (including phenoxy) is 1. The molecule has 0 N–H and O–H groups in total. The largest absolute Gasteiger partial charge is 0.497 e. The molecule has 0 aliphatic carbocycles. The molecule has 0 spiro atoms. The SMILES string of the molecule is COc1cccc(N([C@@H](C)C(=O)N(C)C)S(C)(=O)=O)c1. The van der Waals surface area contributed by atoms with E-state index < -0.39 is 16.1 Å². The zero-order valence-electron chi connectivity index (χ0n) is 12.3. The lowest BCUT2D eigenvalue weighted by atomic mass is 10.2. The quantitative estimate of drug-likeness (QED) is 0.811. The van der Waals surface area contributed by atoms with Crippen LogP contribution < -0.4 is 9.04 Å². The van der Waals surface area contributed by atoms with Crippen LogP contribution in [0.4, 0.5) is 5.69 Å². The zero-order chi connectivity index (χ0) is 15.5. The molecule has 20 heavy (non-hydrogen) atoms. The van der Waals surface area contributed by atoms with E-state index in [1.165, 1.54) is 12.0 Å². The van der Waals surface area contributed by atoms with Crippen molar-refractivity contribution in [1.82, 2.24) is 4.90 Å². The average molecular weight is 300 g/mol. The number of hydrogen-bond donors (Lipinski definition) is 0. The molecule has 0 aliphatic rings. The summed E-state index contributed by atoms with van der Waals surface area (Å²) in [6.45, 7) is 1.56. The Morgan fingerprint density at radius 2 is 1.90 bits per heavy atom. The summed E-state index contributed by atoms with van der Waals surface area (Å²) in [4.78, 5) is 13.4. The van der Waals surface area contributed by atoms with E-state index in [2.05, 4.69) is 0 Å². The molecular formula is C13H20N2O4S. The number of amides is 1. The lowest BCUT2D eigenvalue weighted by Crippen LogP contribution is -2.47. The van der Waals surface area contributed by atoms with Gasteiger partial charge in [-0.3, -0.25) is 9.10 Å². The number of rotatable bonds is 5. The number of benzene rings is 1. The first-order valence-corrected chi connectivity index (χ1v) is 7.88. The summed E-state index contributed by atoms with van der Waals surface area (Å²) in [5, 5.41) is 0. The van der Waals surface area contributed by atoms with Crippen molar-refractivity contribution in [3.63, 3.8) is 0 Å². The van der Waals surface area contributed by atoms with Crippen molar-refractivity contribution in [3.8, 4) is 5.75 Å². The van der Waals surface area contributed by atoms with Gasteiger partial charge >= 0.3 is 0 Å². The van der Waals surface area contributed by atoms with Gasteiger partial charge in [-0.05, 0) is 19.1 Å². The maximum absolute atomic E-state index is 12.0. The molecule has 0 aromatic heterocycles. The highest BCUT2D eigenvalue weighted by Gasteiger charge is 2.30. The Kier molecular flexibility index (Phi) is 4.99. The number of carbonyl (C=O) groups is 1. The van der Waals surface area contributed by atoms with Crippen LogP contribution >= 0.6 is 0 Å². The number of methoxy groups -OCH3 is 1. The molecule has 6 nitrogen and oxygen atoms in total. The van der Waals surface area contributed by atoms with Crippen LogP contribution in [-0.2, 0) is 14.8 Å². The molecule has 0 fully saturated rings. The molecule has 0 saturated heterocycles. The molecule has 0 saturated carbocycles. The highest BCUT2D eigenvalue weighted by Crippen LogP contribution is 2.25. The van der Waals surface area contributed by atoms with E-state index in [1.807, 2.05) is 0 Å². The van der Waals surface area contributed by atoms with Crippen molar-refractivity contribution in [2.45, 2.75) is 13.0 Å². The molecule has 1 aromatic carbocycles. The third kappa shape index (κ3) is 3.63. The third-order valence-corrected chi connectivity index (χ3v) is 4.06. The Morgan fingerprint density at radius 3 is 2.35 bits per heavy atom. The summed E-state index contributed by atoms with van der Waals surface area (Å²) in [6.07, 6.45) is 1.08. The molecule has 0 unspecified atom stereocenters. The molecule has 7 heteroatoms. The Balaban J connectivity index is 3.30. The number of likely N-dealkylation sites (N-methyl/N-ethyl adjacent to an activating group) is 1. The van der Waals surface area contributed by atoms with Crippen LogP contribution in [0.1, 0.15) is 6.92 Å². The normalized spacial score (nSPS) is 12.7. The van der Waals surface area contributed by atoms with Crippen LogP contribution in [0, 0.1) is 0 Å². The maximum atomic E-state index is 12.0. The standard InChI is InChI=1S/C13H20N2O4S/c1-10(13(16)14(2)3)15(20(5,17)18)11-7-6-8-12(9-11)19-4/h6-10H,1-5H3/t10-/m0/s1. The minimum atomic E-state index is -3.59. The molecule has 1 atom stereocenters. The number of carbonyl (C=O) groups excluding carboxylic acids is 1. The van der Waals surface area contributed by atoms with Crippen LogP contribution in [0.3, 0.4) is 0 Å². The molecule has 0 bridgehead atoms. The lowest BCUT2D eigenvalue weighted by molar-refractivity contribution is -0.129. The maximum Gasteiger partial charge on any atom is 0.245 e. The van der Waals surface area contributed by atoms with Gasteiger partial charge in [-0.15, -0.1) is 0 Å². The molecule has 0 radical (unpaired) electrons. The van der Waals surface area contributed by atoms with Crippen LogP contribution in [0.2, 0.25) is 0 Å². The zero-order valence-corrected chi connectivity index (χ0v) is 13.1. The fourth-order valence-corrected chi connectivity index (χ4v) is 3.08. The fraction of sp³-hybridized carbons (Fsp3) is 0.462. The van der Waals surface area contributed by atoms with Gasteiger partial charge < -0.3 is 9.64 Å². The summed E-state index contributed by atoms with van der Waals surface area (Å²) in [5.41, 5.74) is 0.398. The van der Waals surface area contributed by atoms with Crippen molar-refractivity contribution < 1.29 is 17.9 Å². The van der Waals surface area contributed by atoms with Crippen LogP contribution in [0.5, 0.6) is 5.75 Å². The van der Waals surface area contributed by atoms with Gasteiger partial charge in [-0.1, -0.05) is 6.07 Å². The Labute approximate surface area is 120 Å². The summed E-state index contributed by atoms with van der Waals surface area (Å²) in [5.74, 6) is 0.235. The van der Waals surface area contributed by atoms with Crippen LogP contribution in [0.15, 0.2) is 24.3 Å². The second-order valence-corrected chi connectivity index (χ2v) is 6.53. The predicted molar refractivity (Wildman–Crippen MR) is 78.5 cm³/mol. The lowest BCUT2D eigenvalue weighted by Gasteiger charge is -2.30. The first-order chi connectivity index (χ1) is 9.18. The van der Waals surface area contributed by atoms with E-state index in [0.29, 0.717) is 11.4 Å². The summed E-state index contributed by atoms with van der Waals surface area (Å²) in [7, 11) is 1.08. The Hall–Kier alpha value is -1.76. The van der Waals surface area contributed by atoms with Crippen molar-refractivity contribution in [2.75, 3.05) is 31.8 Å². The van der Waals surface area contributed by atoms with Crippen molar-refractivity contribution in [2.24, 2.45) is 0 Å². The van der Waals surface area contributed by atoms with Crippen LogP contribution in [-0.4, -0.2) is 52.7 Å². The molecule has 1 amide bonds. The van der Waals surface area contributed by atoms with E-state index in [0.717, 1.165) is 10.6 Å². The van der Waals surface area contributed by atoms with Gasteiger partial charge in [0, 0.05) is 20.2 Å². The van der Waals surface area contributed by atoms with Crippen molar-refractivity contribution in [1.29, 1.82) is 0 Å². The van der Waals surface area contributed by atoms with E-state index >= 15 is 0 Å². The first kappa shape index (κ1) is 16.3. The Bertz CT molecular complexity index is 584. The molecule has 1 rings (SSSR count). The fourth-order valence-electron chi connectivity index (χ4n) is 1.92. The van der Waals surface area contributed by atoms with E-state index in [4.69, 9.17) is 4.74 Å². The van der Waals surface area contributed by atoms with Gasteiger partial charge in [0.05, 0.1) is 19.1 Å². The molecular weight excluding hydrogens is 280 g/mol. The molecule has 0 aliphatic heterocycles. The van der Waals surface area contributed by atoms with Crippen molar-refractivity contribution >= 4 is 21.6 Å². The summed E-state index contributed by atoms with van der Waals surface area (Å²) < 4.78 is 30.2. The second kappa shape index (κ2) is 6.13. The highest BCUT2D eigenvalue weighted by molar-refractivity contribution is 7.92. The van der Waals surface area contributed by atoms with E-state index in [9.17, 15) is 13.2 Å². The monoisotopic (exact) mass is 300 g/mol. The number of sulfonamides is 1.